The molecule has 1 heterocycles. The van der Waals surface area contributed by atoms with Gasteiger partial charge >= 0.3 is 0 Å². The second-order valence-electron chi connectivity index (χ2n) is 3.56. The number of sulfonamides is 1. The molecule has 8 heteroatoms. The number of hydrogen-bond acceptors (Lipinski definition) is 3. The highest BCUT2D eigenvalue weighted by atomic mass is 127. The first kappa shape index (κ1) is 15.0. The van der Waals surface area contributed by atoms with Crippen molar-refractivity contribution in [3.63, 3.8) is 0 Å². The number of pyridine rings is 1. The zero-order chi connectivity index (χ0) is 14.0. The van der Waals surface area contributed by atoms with Crippen molar-refractivity contribution in [3.8, 4) is 0 Å². The average Bonchev–Trinajstić information content (AvgIpc) is 2.35. The van der Waals surface area contributed by atoms with Crippen molar-refractivity contribution >= 4 is 65.8 Å². The molecule has 0 unspecified atom stereocenters. The van der Waals surface area contributed by atoms with Crippen LogP contribution < -0.4 is 4.72 Å². The summed E-state index contributed by atoms with van der Waals surface area (Å²) in [6.45, 7) is 0. The van der Waals surface area contributed by atoms with Gasteiger partial charge in [0.25, 0.3) is 10.0 Å². The third kappa shape index (κ3) is 3.80. The number of nitrogens with zero attached hydrogens (tertiary/aromatic N) is 1. The average molecular weight is 474 g/mol. The SMILES string of the molecule is O=S(=O)(Nc1ccc(I)cc1)c1cnc(Cl)c(Br)c1. The van der Waals surface area contributed by atoms with Crippen LogP contribution in [-0.4, -0.2) is 13.4 Å². The summed E-state index contributed by atoms with van der Waals surface area (Å²) < 4.78 is 28.2. The first-order valence-electron chi connectivity index (χ1n) is 4.98. The summed E-state index contributed by atoms with van der Waals surface area (Å²) >= 11 is 11.0. The summed E-state index contributed by atoms with van der Waals surface area (Å²) in [4.78, 5) is 3.84. The molecule has 2 aromatic rings. The molecule has 0 fully saturated rings. The van der Waals surface area contributed by atoms with Gasteiger partial charge in [-0.2, -0.15) is 0 Å². The maximum absolute atomic E-state index is 12.1. The Hall–Kier alpha value is -0.380. The fraction of sp³-hybridized carbons (Fsp3) is 0. The minimum atomic E-state index is -3.67. The number of benzene rings is 1. The molecular weight excluding hydrogens is 466 g/mol. The molecule has 0 radical (unpaired) electrons. The molecule has 100 valence electrons. The second-order valence-corrected chi connectivity index (χ2v) is 7.70. The quantitative estimate of drug-likeness (QED) is 0.544. The molecule has 0 amide bonds. The maximum Gasteiger partial charge on any atom is 0.263 e. The minimum Gasteiger partial charge on any atom is -0.280 e. The van der Waals surface area contributed by atoms with Crippen LogP contribution in [0.15, 0.2) is 45.9 Å². The molecule has 0 saturated carbocycles. The number of hydrogen-bond donors (Lipinski definition) is 1. The maximum atomic E-state index is 12.1. The molecule has 1 aromatic heterocycles. The Morgan fingerprint density at radius 3 is 2.47 bits per heavy atom. The third-order valence-electron chi connectivity index (χ3n) is 2.18. The van der Waals surface area contributed by atoms with E-state index in [4.69, 9.17) is 11.6 Å². The molecule has 0 saturated heterocycles. The highest BCUT2D eigenvalue weighted by molar-refractivity contribution is 14.1. The molecule has 19 heavy (non-hydrogen) atoms. The molecule has 4 nitrogen and oxygen atoms in total. The molecule has 0 aliphatic carbocycles. The van der Waals surface area contributed by atoms with Gasteiger partial charge in [-0.1, -0.05) is 11.6 Å². The molecule has 1 aromatic carbocycles. The zero-order valence-electron chi connectivity index (χ0n) is 9.27. The van der Waals surface area contributed by atoms with Gasteiger partial charge in [-0.3, -0.25) is 4.72 Å². The van der Waals surface area contributed by atoms with Gasteiger partial charge in [0.05, 0.1) is 4.47 Å². The predicted molar refractivity (Wildman–Crippen MR) is 86.9 cm³/mol. The van der Waals surface area contributed by atoms with Gasteiger partial charge in [0.2, 0.25) is 0 Å². The topological polar surface area (TPSA) is 59.1 Å². The smallest absolute Gasteiger partial charge is 0.263 e. The highest BCUT2D eigenvalue weighted by Crippen LogP contribution is 2.24. The Kier molecular flexibility index (Phi) is 4.70. The zero-order valence-corrected chi connectivity index (χ0v) is 14.6. The van der Waals surface area contributed by atoms with Crippen LogP contribution in [0.1, 0.15) is 0 Å². The van der Waals surface area contributed by atoms with Gasteiger partial charge in [-0.15, -0.1) is 0 Å². The summed E-state index contributed by atoms with van der Waals surface area (Å²) in [6.07, 6.45) is 1.21. The molecule has 2 rings (SSSR count). The Balaban J connectivity index is 2.32. The van der Waals surface area contributed by atoms with Crippen molar-refractivity contribution < 1.29 is 8.42 Å². The van der Waals surface area contributed by atoms with E-state index in [0.717, 1.165) is 3.57 Å². The minimum absolute atomic E-state index is 0.0438. The molecule has 0 aliphatic heterocycles. The van der Waals surface area contributed by atoms with Gasteiger partial charge in [0.15, 0.2) is 0 Å². The largest absolute Gasteiger partial charge is 0.280 e. The molecule has 0 aliphatic rings. The van der Waals surface area contributed by atoms with E-state index in [0.29, 0.717) is 10.2 Å². The second kappa shape index (κ2) is 5.94. The van der Waals surface area contributed by atoms with Crippen LogP contribution in [0.3, 0.4) is 0 Å². The number of aromatic nitrogens is 1. The van der Waals surface area contributed by atoms with Crippen LogP contribution in [0.5, 0.6) is 0 Å². The summed E-state index contributed by atoms with van der Waals surface area (Å²) in [5, 5.41) is 0.216. The lowest BCUT2D eigenvalue weighted by Gasteiger charge is -2.08. The Labute approximate surface area is 137 Å². The Bertz CT molecular complexity index is 707. The lowest BCUT2D eigenvalue weighted by atomic mass is 10.3. The Morgan fingerprint density at radius 2 is 1.89 bits per heavy atom. The lowest BCUT2D eigenvalue weighted by Crippen LogP contribution is -2.13. The number of anilines is 1. The highest BCUT2D eigenvalue weighted by Gasteiger charge is 2.16. The normalized spacial score (nSPS) is 11.3. The van der Waals surface area contributed by atoms with Crippen LogP contribution in [0, 0.1) is 3.57 Å². The van der Waals surface area contributed by atoms with Crippen LogP contribution >= 0.6 is 50.1 Å². The van der Waals surface area contributed by atoms with Crippen molar-refractivity contribution in [2.24, 2.45) is 0 Å². The van der Waals surface area contributed by atoms with E-state index in [2.05, 4.69) is 48.2 Å². The first-order chi connectivity index (χ1) is 8.88. The van der Waals surface area contributed by atoms with E-state index in [9.17, 15) is 8.42 Å². The predicted octanol–water partition coefficient (Wildman–Crippen LogP) is 3.90. The van der Waals surface area contributed by atoms with Gasteiger partial charge in [-0.25, -0.2) is 13.4 Å². The van der Waals surface area contributed by atoms with Crippen LogP contribution in [0.4, 0.5) is 5.69 Å². The lowest BCUT2D eigenvalue weighted by molar-refractivity contribution is 0.600. The fourth-order valence-corrected chi connectivity index (χ4v) is 3.27. The van der Waals surface area contributed by atoms with Crippen molar-refractivity contribution in [2.75, 3.05) is 4.72 Å². The third-order valence-corrected chi connectivity index (χ3v) is 5.38. The summed E-state index contributed by atoms with van der Waals surface area (Å²) in [6, 6.07) is 8.42. The van der Waals surface area contributed by atoms with Crippen LogP contribution in [0.25, 0.3) is 0 Å². The molecule has 0 spiro atoms. The van der Waals surface area contributed by atoms with Gasteiger partial charge in [-0.05, 0) is 68.9 Å². The van der Waals surface area contributed by atoms with E-state index in [1.165, 1.54) is 12.3 Å². The molecule has 0 bridgehead atoms. The summed E-state index contributed by atoms with van der Waals surface area (Å²) in [7, 11) is -3.67. The number of nitrogens with one attached hydrogen (secondary N) is 1. The molecule has 0 atom stereocenters. The Morgan fingerprint density at radius 1 is 1.26 bits per heavy atom. The van der Waals surface area contributed by atoms with Crippen LogP contribution in [0.2, 0.25) is 5.15 Å². The van der Waals surface area contributed by atoms with Crippen molar-refractivity contribution in [3.05, 3.63) is 49.7 Å². The van der Waals surface area contributed by atoms with E-state index in [1.54, 1.807) is 12.1 Å². The van der Waals surface area contributed by atoms with Gasteiger partial charge < -0.3 is 0 Å². The number of rotatable bonds is 3. The van der Waals surface area contributed by atoms with E-state index in [1.807, 2.05) is 12.1 Å². The van der Waals surface area contributed by atoms with Crippen molar-refractivity contribution in [2.45, 2.75) is 4.90 Å². The van der Waals surface area contributed by atoms with E-state index < -0.39 is 10.0 Å². The standard InChI is InChI=1S/C11H7BrClIN2O2S/c12-10-5-9(6-15-11(10)13)19(17,18)16-8-3-1-7(14)2-4-8/h1-6,16H. The molecule has 1 N–H and O–H groups in total. The van der Waals surface area contributed by atoms with Crippen molar-refractivity contribution in [1.29, 1.82) is 0 Å². The van der Waals surface area contributed by atoms with Gasteiger partial charge in [0, 0.05) is 15.5 Å². The summed E-state index contributed by atoms with van der Waals surface area (Å²) in [5.74, 6) is 0. The van der Waals surface area contributed by atoms with Gasteiger partial charge in [0.1, 0.15) is 10.0 Å². The van der Waals surface area contributed by atoms with Crippen molar-refractivity contribution in [1.82, 2.24) is 4.98 Å². The first-order valence-corrected chi connectivity index (χ1v) is 8.71. The molecular formula is C11H7BrClIN2O2S. The fourth-order valence-electron chi connectivity index (χ4n) is 1.28. The van der Waals surface area contributed by atoms with E-state index in [-0.39, 0.29) is 10.0 Å². The number of halogens is 3. The summed E-state index contributed by atoms with van der Waals surface area (Å²) in [5.41, 5.74) is 0.492. The monoisotopic (exact) mass is 472 g/mol. The van der Waals surface area contributed by atoms with Crippen LogP contribution in [-0.2, 0) is 10.0 Å². The van der Waals surface area contributed by atoms with E-state index >= 15 is 0 Å².